The SMILES string of the molecule is Nc1ncc(C#Cc2cnn3c(C(F)(F)F)cc(-c4ccc(Cl)cc4)nc23)cn1. The van der Waals surface area contributed by atoms with E-state index in [1.165, 1.54) is 18.6 Å². The Labute approximate surface area is 167 Å². The van der Waals surface area contributed by atoms with Crippen LogP contribution in [0.25, 0.3) is 16.9 Å². The molecule has 1 aromatic carbocycles. The van der Waals surface area contributed by atoms with Gasteiger partial charge in [-0.2, -0.15) is 18.3 Å². The molecule has 0 aliphatic heterocycles. The van der Waals surface area contributed by atoms with Crippen LogP contribution in [0.5, 0.6) is 0 Å². The van der Waals surface area contributed by atoms with E-state index in [1.54, 1.807) is 24.3 Å². The number of fused-ring (bicyclic) bond motifs is 1. The van der Waals surface area contributed by atoms with Gasteiger partial charge in [-0.15, -0.1) is 0 Å². The van der Waals surface area contributed by atoms with E-state index in [0.29, 0.717) is 16.1 Å². The topological polar surface area (TPSA) is 82.0 Å². The molecular weight excluding hydrogens is 405 g/mol. The summed E-state index contributed by atoms with van der Waals surface area (Å²) < 4.78 is 41.5. The Bertz CT molecular complexity index is 1250. The van der Waals surface area contributed by atoms with Crippen LogP contribution < -0.4 is 5.73 Å². The minimum atomic E-state index is -4.64. The van der Waals surface area contributed by atoms with E-state index in [2.05, 4.69) is 31.9 Å². The van der Waals surface area contributed by atoms with Crippen LogP contribution in [0.15, 0.2) is 48.9 Å². The van der Waals surface area contributed by atoms with E-state index < -0.39 is 11.9 Å². The summed E-state index contributed by atoms with van der Waals surface area (Å²) in [5, 5.41) is 4.28. The molecule has 0 unspecified atom stereocenters. The fourth-order valence-electron chi connectivity index (χ4n) is 2.56. The first kappa shape index (κ1) is 18.7. The number of aromatic nitrogens is 5. The van der Waals surface area contributed by atoms with Crippen LogP contribution >= 0.6 is 11.6 Å². The largest absolute Gasteiger partial charge is 0.433 e. The molecular formula is C19H10ClF3N6. The normalized spacial score (nSPS) is 11.3. The highest BCUT2D eigenvalue weighted by Gasteiger charge is 2.35. The lowest BCUT2D eigenvalue weighted by atomic mass is 10.1. The van der Waals surface area contributed by atoms with Gasteiger partial charge in [0, 0.05) is 23.0 Å². The fraction of sp³-hybridized carbons (Fsp3) is 0.0526. The zero-order chi connectivity index (χ0) is 20.6. The predicted molar refractivity (Wildman–Crippen MR) is 101 cm³/mol. The van der Waals surface area contributed by atoms with Crippen molar-refractivity contribution in [1.29, 1.82) is 0 Å². The van der Waals surface area contributed by atoms with Gasteiger partial charge in [0.2, 0.25) is 5.95 Å². The van der Waals surface area contributed by atoms with Crippen molar-refractivity contribution in [2.45, 2.75) is 6.18 Å². The number of benzene rings is 1. The Morgan fingerprint density at radius 1 is 1.00 bits per heavy atom. The first-order valence-electron chi connectivity index (χ1n) is 8.13. The summed E-state index contributed by atoms with van der Waals surface area (Å²) in [5.74, 6) is 5.63. The van der Waals surface area contributed by atoms with E-state index in [4.69, 9.17) is 17.3 Å². The van der Waals surface area contributed by atoms with Crippen molar-refractivity contribution >= 4 is 23.2 Å². The third-order valence-electron chi connectivity index (χ3n) is 3.92. The average Bonchev–Trinajstić information content (AvgIpc) is 3.09. The Hall–Kier alpha value is -3.64. The van der Waals surface area contributed by atoms with Gasteiger partial charge in [-0.05, 0) is 18.2 Å². The molecule has 0 bridgehead atoms. The number of anilines is 1. The molecule has 144 valence electrons. The van der Waals surface area contributed by atoms with Crippen LogP contribution in [-0.4, -0.2) is 24.6 Å². The molecule has 4 aromatic rings. The molecule has 0 aliphatic rings. The van der Waals surface area contributed by atoms with E-state index in [-0.39, 0.29) is 22.9 Å². The van der Waals surface area contributed by atoms with E-state index >= 15 is 0 Å². The van der Waals surface area contributed by atoms with Crippen LogP contribution in [0.2, 0.25) is 5.02 Å². The lowest BCUT2D eigenvalue weighted by Crippen LogP contribution is -2.13. The predicted octanol–water partition coefficient (Wildman–Crippen LogP) is 3.84. The molecule has 0 fully saturated rings. The highest BCUT2D eigenvalue weighted by atomic mass is 35.5. The quantitative estimate of drug-likeness (QED) is 0.478. The van der Waals surface area contributed by atoms with Crippen molar-refractivity contribution in [3.63, 3.8) is 0 Å². The van der Waals surface area contributed by atoms with Crippen LogP contribution in [-0.2, 0) is 6.18 Å². The highest BCUT2D eigenvalue weighted by Crippen LogP contribution is 2.32. The molecule has 3 heterocycles. The molecule has 10 heteroatoms. The molecule has 0 atom stereocenters. The van der Waals surface area contributed by atoms with Crippen molar-refractivity contribution < 1.29 is 13.2 Å². The van der Waals surface area contributed by atoms with Gasteiger partial charge in [-0.25, -0.2) is 19.5 Å². The number of alkyl halides is 3. The van der Waals surface area contributed by atoms with Crippen molar-refractivity contribution in [3.8, 4) is 23.1 Å². The van der Waals surface area contributed by atoms with Crippen molar-refractivity contribution in [1.82, 2.24) is 24.6 Å². The first-order valence-corrected chi connectivity index (χ1v) is 8.50. The van der Waals surface area contributed by atoms with E-state index in [1.807, 2.05) is 0 Å². The van der Waals surface area contributed by atoms with Crippen LogP contribution in [0.4, 0.5) is 19.1 Å². The van der Waals surface area contributed by atoms with Gasteiger partial charge in [0.05, 0.1) is 23.0 Å². The fourth-order valence-corrected chi connectivity index (χ4v) is 2.69. The van der Waals surface area contributed by atoms with Gasteiger partial charge in [0.15, 0.2) is 11.3 Å². The smallest absolute Gasteiger partial charge is 0.368 e. The Morgan fingerprint density at radius 3 is 2.34 bits per heavy atom. The number of nitrogen functional groups attached to an aromatic ring is 1. The van der Waals surface area contributed by atoms with Gasteiger partial charge in [-0.1, -0.05) is 35.6 Å². The van der Waals surface area contributed by atoms with Gasteiger partial charge in [0.1, 0.15) is 0 Å². The minimum Gasteiger partial charge on any atom is -0.368 e. The number of nitrogens with zero attached hydrogens (tertiary/aromatic N) is 5. The summed E-state index contributed by atoms with van der Waals surface area (Å²) in [7, 11) is 0. The molecule has 0 radical (unpaired) electrons. The highest BCUT2D eigenvalue weighted by molar-refractivity contribution is 6.30. The number of rotatable bonds is 1. The maximum Gasteiger partial charge on any atom is 0.433 e. The van der Waals surface area contributed by atoms with Crippen molar-refractivity contribution in [2.75, 3.05) is 5.73 Å². The molecule has 0 aliphatic carbocycles. The number of halogens is 4. The van der Waals surface area contributed by atoms with Crippen molar-refractivity contribution in [2.24, 2.45) is 0 Å². The third-order valence-corrected chi connectivity index (χ3v) is 4.17. The van der Waals surface area contributed by atoms with Gasteiger partial charge >= 0.3 is 6.18 Å². The Morgan fingerprint density at radius 2 is 1.69 bits per heavy atom. The summed E-state index contributed by atoms with van der Waals surface area (Å²) in [6, 6.07) is 7.28. The summed E-state index contributed by atoms with van der Waals surface area (Å²) >= 11 is 5.86. The summed E-state index contributed by atoms with van der Waals surface area (Å²) in [4.78, 5) is 12.0. The maximum absolute atomic E-state index is 13.6. The standard InChI is InChI=1S/C19H10ClF3N6/c20-14-5-3-12(4-6-14)15-7-16(19(21,22)23)29-17(28-15)13(10-27-29)2-1-11-8-25-18(24)26-9-11/h3-10H,(H2,24,25,26). The molecule has 3 aromatic heterocycles. The van der Waals surface area contributed by atoms with Crippen molar-refractivity contribution in [3.05, 3.63) is 70.8 Å². The van der Waals surface area contributed by atoms with Crippen LogP contribution in [0, 0.1) is 11.8 Å². The number of hydrogen-bond acceptors (Lipinski definition) is 5. The number of hydrogen-bond donors (Lipinski definition) is 1. The third kappa shape index (κ3) is 3.83. The summed E-state index contributed by atoms with van der Waals surface area (Å²) in [5.41, 5.74) is 5.72. The second kappa shape index (κ2) is 7.07. The molecule has 0 saturated heterocycles. The minimum absolute atomic E-state index is 0.0198. The summed E-state index contributed by atoms with van der Waals surface area (Å²) in [6.45, 7) is 0. The Balaban J connectivity index is 1.88. The molecule has 0 saturated carbocycles. The zero-order valence-corrected chi connectivity index (χ0v) is 15.2. The molecule has 0 spiro atoms. The van der Waals surface area contributed by atoms with Gasteiger partial charge < -0.3 is 5.73 Å². The Kier molecular flexibility index (Phi) is 4.56. The molecule has 4 rings (SSSR count). The average molecular weight is 415 g/mol. The van der Waals surface area contributed by atoms with Crippen LogP contribution in [0.1, 0.15) is 16.8 Å². The number of nitrogens with two attached hydrogens (primary N) is 1. The second-order valence-electron chi connectivity index (χ2n) is 5.90. The lowest BCUT2D eigenvalue weighted by Gasteiger charge is -2.11. The molecule has 29 heavy (non-hydrogen) atoms. The lowest BCUT2D eigenvalue weighted by molar-refractivity contribution is -0.142. The second-order valence-corrected chi connectivity index (χ2v) is 6.34. The summed E-state index contributed by atoms with van der Waals surface area (Å²) in [6.07, 6.45) is -0.582. The zero-order valence-electron chi connectivity index (χ0n) is 14.4. The first-order chi connectivity index (χ1) is 13.8. The van der Waals surface area contributed by atoms with E-state index in [0.717, 1.165) is 10.6 Å². The van der Waals surface area contributed by atoms with Crippen LogP contribution in [0.3, 0.4) is 0 Å². The molecule has 6 nitrogen and oxygen atoms in total. The maximum atomic E-state index is 13.6. The van der Waals surface area contributed by atoms with Gasteiger partial charge in [-0.3, -0.25) is 0 Å². The molecule has 2 N–H and O–H groups in total. The molecule has 0 amide bonds. The van der Waals surface area contributed by atoms with E-state index in [9.17, 15) is 13.2 Å². The van der Waals surface area contributed by atoms with Gasteiger partial charge in [0.25, 0.3) is 0 Å². The monoisotopic (exact) mass is 414 g/mol.